The summed E-state index contributed by atoms with van der Waals surface area (Å²) in [7, 11) is 4.29. The van der Waals surface area contributed by atoms with E-state index in [1.165, 1.54) is 27.4 Å². The zero-order valence-electron chi connectivity index (χ0n) is 11.5. The van der Waals surface area contributed by atoms with Crippen LogP contribution < -0.4 is 14.9 Å². The number of esters is 1. The fourth-order valence-corrected chi connectivity index (χ4v) is 2.02. The number of benzene rings is 1. The molecule has 1 heterocycles. The van der Waals surface area contributed by atoms with E-state index in [-0.39, 0.29) is 11.8 Å². The van der Waals surface area contributed by atoms with Gasteiger partial charge in [-0.05, 0) is 12.1 Å². The molecule has 20 heavy (non-hydrogen) atoms. The average Bonchev–Trinajstić information content (AvgIpc) is 2.45. The molecule has 2 aromatic rings. The van der Waals surface area contributed by atoms with Crippen molar-refractivity contribution in [2.45, 2.75) is 6.42 Å². The Kier molecular flexibility index (Phi) is 3.93. The summed E-state index contributed by atoms with van der Waals surface area (Å²) in [6.07, 6.45) is -0.0119. The van der Waals surface area contributed by atoms with E-state index in [4.69, 9.17) is 9.47 Å². The number of aromatic nitrogens is 1. The highest BCUT2D eigenvalue weighted by Crippen LogP contribution is 2.29. The summed E-state index contributed by atoms with van der Waals surface area (Å²) in [6, 6.07) is 4.72. The number of H-pyrrole nitrogens is 1. The van der Waals surface area contributed by atoms with E-state index in [1.54, 1.807) is 12.1 Å². The highest BCUT2D eigenvalue weighted by atomic mass is 16.5. The maximum atomic E-state index is 12.2. The van der Waals surface area contributed by atoms with Gasteiger partial charge in [0.2, 0.25) is 0 Å². The first kappa shape index (κ1) is 13.9. The fraction of sp³-hybridized carbons (Fsp3) is 0.286. The van der Waals surface area contributed by atoms with Crippen LogP contribution >= 0.6 is 0 Å². The zero-order chi connectivity index (χ0) is 14.7. The molecule has 0 spiro atoms. The topological polar surface area (TPSA) is 77.6 Å². The molecule has 0 saturated heterocycles. The Morgan fingerprint density at radius 3 is 2.40 bits per heavy atom. The molecular weight excluding hydrogens is 262 g/mol. The maximum absolute atomic E-state index is 12.2. The van der Waals surface area contributed by atoms with E-state index in [9.17, 15) is 9.59 Å². The first-order valence-electron chi connectivity index (χ1n) is 5.94. The van der Waals surface area contributed by atoms with Crippen molar-refractivity contribution in [3.8, 4) is 11.5 Å². The van der Waals surface area contributed by atoms with Crippen molar-refractivity contribution < 1.29 is 19.0 Å². The van der Waals surface area contributed by atoms with Crippen LogP contribution in [0.5, 0.6) is 11.5 Å². The van der Waals surface area contributed by atoms with Crippen molar-refractivity contribution in [2.24, 2.45) is 0 Å². The smallest absolute Gasteiger partial charge is 0.311 e. The Balaban J connectivity index is 2.69. The van der Waals surface area contributed by atoms with Crippen LogP contribution in [0.4, 0.5) is 0 Å². The molecule has 0 saturated carbocycles. The number of hydrogen-bond donors (Lipinski definition) is 1. The number of carbonyl (C=O) groups is 1. The third-order valence-electron chi connectivity index (χ3n) is 2.97. The summed E-state index contributed by atoms with van der Waals surface area (Å²) in [5.74, 6) is 0.526. The first-order chi connectivity index (χ1) is 9.60. The summed E-state index contributed by atoms with van der Waals surface area (Å²) in [5.41, 5.74) is 0.715. The van der Waals surface area contributed by atoms with Gasteiger partial charge in [0, 0.05) is 11.8 Å². The molecule has 1 N–H and O–H groups in total. The van der Waals surface area contributed by atoms with Gasteiger partial charge in [-0.25, -0.2) is 0 Å². The zero-order valence-corrected chi connectivity index (χ0v) is 11.5. The third kappa shape index (κ3) is 2.45. The SMILES string of the molecule is COC(=O)Cc1cc(=O)c2c(OC)ccc(OC)c2[nH]1. The molecule has 106 valence electrons. The Morgan fingerprint density at radius 1 is 1.15 bits per heavy atom. The minimum Gasteiger partial charge on any atom is -0.496 e. The normalized spacial score (nSPS) is 10.3. The molecule has 0 aliphatic heterocycles. The Morgan fingerprint density at radius 2 is 1.80 bits per heavy atom. The van der Waals surface area contributed by atoms with Gasteiger partial charge in [0.05, 0.1) is 38.7 Å². The number of rotatable bonds is 4. The fourth-order valence-electron chi connectivity index (χ4n) is 2.02. The Hall–Kier alpha value is -2.50. The lowest BCUT2D eigenvalue weighted by molar-refractivity contribution is -0.139. The van der Waals surface area contributed by atoms with Gasteiger partial charge in [-0.1, -0.05) is 0 Å². The van der Waals surface area contributed by atoms with Crippen LogP contribution in [-0.2, 0) is 16.0 Å². The quantitative estimate of drug-likeness (QED) is 0.851. The molecule has 6 heteroatoms. The van der Waals surface area contributed by atoms with Gasteiger partial charge in [0.1, 0.15) is 11.5 Å². The highest BCUT2D eigenvalue weighted by Gasteiger charge is 2.14. The van der Waals surface area contributed by atoms with Crippen LogP contribution in [0, 0.1) is 0 Å². The van der Waals surface area contributed by atoms with Crippen molar-refractivity contribution in [3.63, 3.8) is 0 Å². The predicted octanol–water partition coefficient (Wildman–Crippen LogP) is 1.26. The van der Waals surface area contributed by atoms with Crippen molar-refractivity contribution in [2.75, 3.05) is 21.3 Å². The maximum Gasteiger partial charge on any atom is 0.311 e. The van der Waals surface area contributed by atoms with Crippen molar-refractivity contribution in [1.82, 2.24) is 4.98 Å². The van der Waals surface area contributed by atoms with Gasteiger partial charge < -0.3 is 19.2 Å². The molecule has 0 aliphatic rings. The number of pyridine rings is 1. The number of carbonyl (C=O) groups excluding carboxylic acids is 1. The molecule has 2 rings (SSSR count). The number of nitrogens with one attached hydrogen (secondary N) is 1. The van der Waals surface area contributed by atoms with Crippen molar-refractivity contribution in [3.05, 3.63) is 34.1 Å². The summed E-state index contributed by atoms with van der Waals surface area (Å²) in [4.78, 5) is 26.5. The second-order valence-electron chi connectivity index (χ2n) is 4.13. The summed E-state index contributed by atoms with van der Waals surface area (Å²) in [5, 5.41) is 0.389. The molecule has 1 aromatic carbocycles. The number of hydrogen-bond acceptors (Lipinski definition) is 5. The molecule has 6 nitrogen and oxygen atoms in total. The molecule has 0 amide bonds. The second kappa shape index (κ2) is 5.64. The Labute approximate surface area is 115 Å². The molecule has 0 bridgehead atoms. The van der Waals surface area contributed by atoms with Gasteiger partial charge in [0.25, 0.3) is 0 Å². The van der Waals surface area contributed by atoms with Crippen LogP contribution in [0.2, 0.25) is 0 Å². The first-order valence-corrected chi connectivity index (χ1v) is 5.94. The number of fused-ring (bicyclic) bond motifs is 1. The van der Waals surface area contributed by atoms with E-state index < -0.39 is 5.97 Å². The lowest BCUT2D eigenvalue weighted by Gasteiger charge is -2.10. The molecule has 0 fully saturated rings. The van der Waals surface area contributed by atoms with Crippen LogP contribution in [0.15, 0.2) is 23.0 Å². The standard InChI is InChI=1S/C14H15NO5/c1-18-10-4-5-11(19-2)14-13(10)9(16)6-8(15-14)7-12(17)20-3/h4-6H,7H2,1-3H3,(H,15,16). The van der Waals surface area contributed by atoms with Gasteiger partial charge >= 0.3 is 5.97 Å². The van der Waals surface area contributed by atoms with Crippen LogP contribution in [0.1, 0.15) is 5.69 Å². The highest BCUT2D eigenvalue weighted by molar-refractivity contribution is 5.90. The van der Waals surface area contributed by atoms with Gasteiger partial charge in [-0.3, -0.25) is 9.59 Å². The van der Waals surface area contributed by atoms with Crippen LogP contribution in [-0.4, -0.2) is 32.3 Å². The Bertz CT molecular complexity index is 705. The summed E-state index contributed by atoms with van der Waals surface area (Å²) in [6.45, 7) is 0. The van der Waals surface area contributed by atoms with Gasteiger partial charge in [-0.15, -0.1) is 0 Å². The molecular formula is C14H15NO5. The molecule has 0 atom stereocenters. The lowest BCUT2D eigenvalue weighted by atomic mass is 10.1. The summed E-state index contributed by atoms with van der Waals surface area (Å²) >= 11 is 0. The van der Waals surface area contributed by atoms with E-state index >= 15 is 0 Å². The molecule has 0 aliphatic carbocycles. The van der Waals surface area contributed by atoms with Crippen LogP contribution in [0.25, 0.3) is 10.9 Å². The number of aromatic amines is 1. The minimum absolute atomic E-state index is 0.0119. The lowest BCUT2D eigenvalue weighted by Crippen LogP contribution is -2.12. The van der Waals surface area contributed by atoms with Crippen molar-refractivity contribution >= 4 is 16.9 Å². The van der Waals surface area contributed by atoms with E-state index in [2.05, 4.69) is 9.72 Å². The van der Waals surface area contributed by atoms with E-state index in [1.807, 2.05) is 0 Å². The third-order valence-corrected chi connectivity index (χ3v) is 2.97. The van der Waals surface area contributed by atoms with E-state index in [0.29, 0.717) is 28.1 Å². The van der Waals surface area contributed by atoms with Crippen molar-refractivity contribution in [1.29, 1.82) is 0 Å². The largest absolute Gasteiger partial charge is 0.496 e. The molecule has 1 aromatic heterocycles. The molecule has 0 unspecified atom stereocenters. The van der Waals surface area contributed by atoms with Crippen LogP contribution in [0.3, 0.4) is 0 Å². The van der Waals surface area contributed by atoms with E-state index in [0.717, 1.165) is 0 Å². The predicted molar refractivity (Wildman–Crippen MR) is 73.4 cm³/mol. The van der Waals surface area contributed by atoms with Gasteiger partial charge in [-0.2, -0.15) is 0 Å². The minimum atomic E-state index is -0.429. The number of methoxy groups -OCH3 is 3. The summed E-state index contributed by atoms with van der Waals surface area (Å²) < 4.78 is 15.0. The average molecular weight is 277 g/mol. The number of ether oxygens (including phenoxy) is 3. The second-order valence-corrected chi connectivity index (χ2v) is 4.13. The monoisotopic (exact) mass is 277 g/mol. The molecule has 0 radical (unpaired) electrons. The van der Waals surface area contributed by atoms with Gasteiger partial charge in [0.15, 0.2) is 5.43 Å².